The molecule has 0 amide bonds. The van der Waals surface area contributed by atoms with Crippen molar-refractivity contribution < 1.29 is 0 Å². The maximum Gasteiger partial charge on any atom is 0.0321 e. The van der Waals surface area contributed by atoms with Gasteiger partial charge in [-0.25, -0.2) is 0 Å². The number of benzene rings is 1. The zero-order chi connectivity index (χ0) is 9.84. The van der Waals surface area contributed by atoms with Crippen LogP contribution < -0.4 is 5.73 Å². The Morgan fingerprint density at radius 3 is 2.57 bits per heavy atom. The molecule has 0 saturated heterocycles. The first kappa shape index (κ1) is 13.9. The Hall–Kier alpha value is -0.0500. The Morgan fingerprint density at radius 1 is 1.43 bits per heavy atom. The molecule has 0 heterocycles. The van der Waals surface area contributed by atoms with E-state index in [0.717, 1.165) is 10.9 Å². The average Bonchev–Trinajstić information content (AvgIpc) is 2.15. The van der Waals surface area contributed by atoms with E-state index in [2.05, 4.69) is 41.9 Å². The third-order valence-corrected chi connectivity index (χ3v) is 2.98. The lowest BCUT2D eigenvalue weighted by atomic mass is 9.93. The van der Waals surface area contributed by atoms with Crippen molar-refractivity contribution >= 4 is 28.3 Å². The fraction of sp³-hybridized carbons (Fsp3) is 0.455. The largest absolute Gasteiger partial charge is 0.324 e. The van der Waals surface area contributed by atoms with Gasteiger partial charge in [0, 0.05) is 10.5 Å². The van der Waals surface area contributed by atoms with Gasteiger partial charge in [-0.2, -0.15) is 0 Å². The van der Waals surface area contributed by atoms with Crippen LogP contribution in [-0.4, -0.2) is 0 Å². The van der Waals surface area contributed by atoms with Gasteiger partial charge in [0.05, 0.1) is 0 Å². The standard InChI is InChI=1S/C11H16BrN.ClH/c1-3-8(2)11(13)9-5-4-6-10(12)7-9;/h4-8,11H,3,13H2,1-2H3;1H/t8?,11-;/m0./s1. The predicted molar refractivity (Wildman–Crippen MR) is 67.8 cm³/mol. The van der Waals surface area contributed by atoms with E-state index in [4.69, 9.17) is 5.73 Å². The number of halogens is 2. The zero-order valence-corrected chi connectivity index (χ0v) is 10.9. The van der Waals surface area contributed by atoms with Crippen LogP contribution in [0, 0.1) is 5.92 Å². The number of rotatable bonds is 3. The number of hydrogen-bond acceptors (Lipinski definition) is 1. The van der Waals surface area contributed by atoms with Gasteiger partial charge in [-0.05, 0) is 23.6 Å². The second kappa shape index (κ2) is 6.44. The third-order valence-electron chi connectivity index (χ3n) is 2.49. The van der Waals surface area contributed by atoms with E-state index in [1.54, 1.807) is 0 Å². The summed E-state index contributed by atoms with van der Waals surface area (Å²) < 4.78 is 1.10. The Kier molecular flexibility index (Phi) is 6.41. The highest BCUT2D eigenvalue weighted by Crippen LogP contribution is 2.23. The summed E-state index contributed by atoms with van der Waals surface area (Å²) in [6.07, 6.45) is 1.12. The van der Waals surface area contributed by atoms with Crippen LogP contribution in [-0.2, 0) is 0 Å². The van der Waals surface area contributed by atoms with Crippen LogP contribution in [0.2, 0.25) is 0 Å². The van der Waals surface area contributed by atoms with Gasteiger partial charge in [-0.1, -0.05) is 48.3 Å². The van der Waals surface area contributed by atoms with Gasteiger partial charge < -0.3 is 5.73 Å². The average molecular weight is 279 g/mol. The van der Waals surface area contributed by atoms with Crippen LogP contribution in [0.1, 0.15) is 31.9 Å². The van der Waals surface area contributed by atoms with Crippen LogP contribution in [0.4, 0.5) is 0 Å². The summed E-state index contributed by atoms with van der Waals surface area (Å²) in [6.45, 7) is 4.36. The van der Waals surface area contributed by atoms with E-state index in [-0.39, 0.29) is 18.4 Å². The van der Waals surface area contributed by atoms with Gasteiger partial charge in [0.1, 0.15) is 0 Å². The lowest BCUT2D eigenvalue weighted by molar-refractivity contribution is 0.457. The topological polar surface area (TPSA) is 26.0 Å². The molecule has 1 aromatic rings. The molecule has 0 aliphatic carbocycles. The van der Waals surface area contributed by atoms with Crippen molar-refractivity contribution in [2.24, 2.45) is 11.7 Å². The summed E-state index contributed by atoms with van der Waals surface area (Å²) in [5.41, 5.74) is 7.31. The van der Waals surface area contributed by atoms with Crippen molar-refractivity contribution in [3.63, 3.8) is 0 Å². The normalized spacial score (nSPS) is 14.3. The molecule has 0 saturated carbocycles. The molecule has 3 heteroatoms. The Bertz CT molecular complexity index is 278. The fourth-order valence-corrected chi connectivity index (χ4v) is 1.71. The molecule has 14 heavy (non-hydrogen) atoms. The van der Waals surface area contributed by atoms with Gasteiger partial charge >= 0.3 is 0 Å². The third kappa shape index (κ3) is 3.60. The smallest absolute Gasteiger partial charge is 0.0321 e. The van der Waals surface area contributed by atoms with Crippen molar-refractivity contribution in [1.82, 2.24) is 0 Å². The highest BCUT2D eigenvalue weighted by molar-refractivity contribution is 9.10. The van der Waals surface area contributed by atoms with Crippen molar-refractivity contribution in [1.29, 1.82) is 0 Å². The predicted octanol–water partition coefficient (Wildman–Crippen LogP) is 3.92. The minimum Gasteiger partial charge on any atom is -0.324 e. The maximum atomic E-state index is 6.10. The SMILES string of the molecule is CCC(C)[C@H](N)c1cccc(Br)c1.Cl. The van der Waals surface area contributed by atoms with Gasteiger partial charge in [-0.3, -0.25) is 0 Å². The summed E-state index contributed by atoms with van der Waals surface area (Å²) >= 11 is 3.45. The molecule has 0 spiro atoms. The first-order valence-corrected chi connectivity index (χ1v) is 5.45. The van der Waals surface area contributed by atoms with Crippen molar-refractivity contribution in [2.75, 3.05) is 0 Å². The first-order chi connectivity index (χ1) is 6.15. The quantitative estimate of drug-likeness (QED) is 0.891. The van der Waals surface area contributed by atoms with Crippen LogP contribution in [0.15, 0.2) is 28.7 Å². The Balaban J connectivity index is 0.00000169. The fourth-order valence-electron chi connectivity index (χ4n) is 1.30. The zero-order valence-electron chi connectivity index (χ0n) is 8.53. The second-order valence-electron chi connectivity index (χ2n) is 3.47. The molecule has 0 aliphatic heterocycles. The molecule has 0 aromatic heterocycles. The maximum absolute atomic E-state index is 6.10. The van der Waals surface area contributed by atoms with Crippen molar-refractivity contribution in [2.45, 2.75) is 26.3 Å². The summed E-state index contributed by atoms with van der Waals surface area (Å²) in [7, 11) is 0. The van der Waals surface area contributed by atoms with Crippen LogP contribution in [0.3, 0.4) is 0 Å². The lowest BCUT2D eigenvalue weighted by Crippen LogP contribution is -2.18. The number of hydrogen-bond donors (Lipinski definition) is 1. The minimum atomic E-state index is 0. The summed E-state index contributed by atoms with van der Waals surface area (Å²) in [6, 6.07) is 8.38. The van der Waals surface area contributed by atoms with Crippen LogP contribution in [0.5, 0.6) is 0 Å². The van der Waals surface area contributed by atoms with Crippen LogP contribution >= 0.6 is 28.3 Å². The number of nitrogens with two attached hydrogens (primary N) is 1. The molecule has 0 fully saturated rings. The molecular formula is C11H17BrClN. The first-order valence-electron chi connectivity index (χ1n) is 4.66. The monoisotopic (exact) mass is 277 g/mol. The van der Waals surface area contributed by atoms with Gasteiger partial charge in [0.25, 0.3) is 0 Å². The van der Waals surface area contributed by atoms with E-state index >= 15 is 0 Å². The van der Waals surface area contributed by atoms with Crippen LogP contribution in [0.25, 0.3) is 0 Å². The highest BCUT2D eigenvalue weighted by atomic mass is 79.9. The Labute approximate surface area is 101 Å². The Morgan fingerprint density at radius 2 is 2.07 bits per heavy atom. The molecule has 2 atom stereocenters. The molecule has 1 rings (SSSR count). The molecule has 1 unspecified atom stereocenters. The van der Waals surface area contributed by atoms with E-state index in [0.29, 0.717) is 5.92 Å². The van der Waals surface area contributed by atoms with Crippen molar-refractivity contribution in [3.8, 4) is 0 Å². The van der Waals surface area contributed by atoms with Gasteiger partial charge in [-0.15, -0.1) is 12.4 Å². The second-order valence-corrected chi connectivity index (χ2v) is 4.38. The molecule has 80 valence electrons. The molecule has 0 aliphatic rings. The highest BCUT2D eigenvalue weighted by Gasteiger charge is 2.12. The molecule has 0 radical (unpaired) electrons. The molecular weight excluding hydrogens is 261 g/mol. The molecule has 2 N–H and O–H groups in total. The molecule has 1 aromatic carbocycles. The molecule has 1 nitrogen and oxygen atoms in total. The molecule has 0 bridgehead atoms. The van der Waals surface area contributed by atoms with Gasteiger partial charge in [0.15, 0.2) is 0 Å². The van der Waals surface area contributed by atoms with Crippen molar-refractivity contribution in [3.05, 3.63) is 34.3 Å². The van der Waals surface area contributed by atoms with E-state index in [1.165, 1.54) is 5.56 Å². The summed E-state index contributed by atoms with van der Waals surface area (Å²) in [5.74, 6) is 0.536. The van der Waals surface area contributed by atoms with E-state index in [1.807, 2.05) is 12.1 Å². The minimum absolute atomic E-state index is 0. The van der Waals surface area contributed by atoms with Gasteiger partial charge in [0.2, 0.25) is 0 Å². The summed E-state index contributed by atoms with van der Waals surface area (Å²) in [5, 5.41) is 0. The lowest BCUT2D eigenvalue weighted by Gasteiger charge is -2.18. The van der Waals surface area contributed by atoms with E-state index in [9.17, 15) is 0 Å². The van der Waals surface area contributed by atoms with E-state index < -0.39 is 0 Å². The summed E-state index contributed by atoms with van der Waals surface area (Å²) in [4.78, 5) is 0.